The van der Waals surface area contributed by atoms with Crippen LogP contribution >= 0.6 is 0 Å². The van der Waals surface area contributed by atoms with Crippen molar-refractivity contribution in [1.29, 1.82) is 0 Å². The van der Waals surface area contributed by atoms with Crippen LogP contribution in [0.15, 0.2) is 72.8 Å². The Morgan fingerprint density at radius 2 is 1.37 bits per heavy atom. The van der Waals surface area contributed by atoms with Crippen LogP contribution in [0.4, 0.5) is 10.1 Å². The van der Waals surface area contributed by atoms with Crippen LogP contribution in [0, 0.1) is 5.82 Å². The van der Waals surface area contributed by atoms with Crippen LogP contribution in [-0.4, -0.2) is 19.5 Å². The molecule has 0 unspecified atom stereocenters. The number of hydrogen-bond donors (Lipinski definition) is 2. The lowest BCUT2D eigenvalue weighted by molar-refractivity contribution is 0.0697. The maximum atomic E-state index is 13.0. The molecule has 7 heteroatoms. The lowest BCUT2D eigenvalue weighted by Crippen LogP contribution is -2.15. The molecule has 3 aromatic carbocycles. The first-order chi connectivity index (χ1) is 12.8. The number of halogens is 1. The molecular weight excluding hydrogens is 369 g/mol. The van der Waals surface area contributed by atoms with Crippen molar-refractivity contribution in [3.63, 3.8) is 0 Å². The van der Waals surface area contributed by atoms with Gasteiger partial charge in [-0.3, -0.25) is 4.72 Å². The molecule has 5 nitrogen and oxygen atoms in total. The normalized spacial score (nSPS) is 11.1. The number of rotatable bonds is 6. The summed E-state index contributed by atoms with van der Waals surface area (Å²) in [6.07, 6.45) is 0. The quantitative estimate of drug-likeness (QED) is 0.668. The molecular formula is C20H16FNO4S. The zero-order valence-electron chi connectivity index (χ0n) is 14.1. The Balaban J connectivity index is 1.70. The van der Waals surface area contributed by atoms with Gasteiger partial charge in [0.25, 0.3) is 0 Å². The second-order valence-electron chi connectivity index (χ2n) is 5.95. The molecule has 27 heavy (non-hydrogen) atoms. The number of sulfonamides is 1. The number of benzene rings is 3. The van der Waals surface area contributed by atoms with Crippen molar-refractivity contribution in [3.8, 4) is 11.1 Å². The van der Waals surface area contributed by atoms with Crippen molar-refractivity contribution in [2.24, 2.45) is 0 Å². The SMILES string of the molecule is O=C(O)c1ccc(CS(=O)(=O)Nc2ccc(-c3ccc(F)cc3)cc2)cc1. The minimum atomic E-state index is -3.65. The van der Waals surface area contributed by atoms with E-state index in [1.807, 2.05) is 0 Å². The number of anilines is 1. The largest absolute Gasteiger partial charge is 0.478 e. The molecule has 0 amide bonds. The Hall–Kier alpha value is -3.19. The van der Waals surface area contributed by atoms with Gasteiger partial charge in [-0.15, -0.1) is 0 Å². The Labute approximate surface area is 156 Å². The summed E-state index contributed by atoms with van der Waals surface area (Å²) in [6, 6.07) is 18.4. The number of carbonyl (C=O) groups is 1. The molecule has 0 atom stereocenters. The third kappa shape index (κ3) is 4.92. The molecule has 0 aliphatic rings. The third-order valence-corrected chi connectivity index (χ3v) is 5.15. The highest BCUT2D eigenvalue weighted by molar-refractivity contribution is 7.91. The van der Waals surface area contributed by atoms with Crippen LogP contribution in [0.3, 0.4) is 0 Å². The molecule has 138 valence electrons. The Morgan fingerprint density at radius 1 is 0.852 bits per heavy atom. The fraction of sp³-hybridized carbons (Fsp3) is 0.0500. The van der Waals surface area contributed by atoms with E-state index in [0.29, 0.717) is 11.3 Å². The van der Waals surface area contributed by atoms with Gasteiger partial charge in [0.15, 0.2) is 0 Å². The smallest absolute Gasteiger partial charge is 0.335 e. The monoisotopic (exact) mass is 385 g/mol. The van der Waals surface area contributed by atoms with Gasteiger partial charge in [-0.2, -0.15) is 0 Å². The van der Waals surface area contributed by atoms with E-state index >= 15 is 0 Å². The first-order valence-corrected chi connectivity index (χ1v) is 9.66. The molecule has 0 aliphatic carbocycles. The van der Waals surface area contributed by atoms with Crippen LogP contribution in [0.25, 0.3) is 11.1 Å². The molecule has 3 rings (SSSR count). The van der Waals surface area contributed by atoms with Crippen molar-refractivity contribution in [2.45, 2.75) is 5.75 Å². The van der Waals surface area contributed by atoms with E-state index in [1.165, 1.54) is 36.4 Å². The van der Waals surface area contributed by atoms with Gasteiger partial charge in [-0.25, -0.2) is 17.6 Å². The van der Waals surface area contributed by atoms with Gasteiger partial charge >= 0.3 is 5.97 Å². The van der Waals surface area contributed by atoms with E-state index < -0.39 is 16.0 Å². The first kappa shape index (κ1) is 18.6. The number of carboxylic acid groups (broad SMARTS) is 1. The molecule has 0 bridgehead atoms. The summed E-state index contributed by atoms with van der Waals surface area (Å²) in [5.41, 5.74) is 2.64. The summed E-state index contributed by atoms with van der Waals surface area (Å²) in [6.45, 7) is 0. The highest BCUT2D eigenvalue weighted by Gasteiger charge is 2.13. The predicted octanol–water partition coefficient (Wildman–Crippen LogP) is 4.13. The average Bonchev–Trinajstić information content (AvgIpc) is 2.63. The first-order valence-electron chi connectivity index (χ1n) is 8.01. The van der Waals surface area contributed by atoms with E-state index in [4.69, 9.17) is 5.11 Å². The number of nitrogens with one attached hydrogen (secondary N) is 1. The van der Waals surface area contributed by atoms with Crippen LogP contribution in [-0.2, 0) is 15.8 Å². The molecule has 0 heterocycles. The van der Waals surface area contributed by atoms with E-state index in [2.05, 4.69) is 4.72 Å². The molecule has 0 aliphatic heterocycles. The summed E-state index contributed by atoms with van der Waals surface area (Å²) in [5.74, 6) is -1.66. The Kier molecular flexibility index (Phi) is 5.23. The molecule has 0 aromatic heterocycles. The molecule has 3 aromatic rings. The average molecular weight is 385 g/mol. The van der Waals surface area contributed by atoms with Crippen molar-refractivity contribution in [3.05, 3.63) is 89.7 Å². The lowest BCUT2D eigenvalue weighted by Gasteiger charge is -2.09. The van der Waals surface area contributed by atoms with Crippen LogP contribution in [0.2, 0.25) is 0 Å². The minimum Gasteiger partial charge on any atom is -0.478 e. The number of aromatic carboxylic acids is 1. The van der Waals surface area contributed by atoms with E-state index in [0.717, 1.165) is 11.1 Å². The Bertz CT molecular complexity index is 1040. The fourth-order valence-corrected chi connectivity index (χ4v) is 3.75. The fourth-order valence-electron chi connectivity index (χ4n) is 2.55. The van der Waals surface area contributed by atoms with Crippen molar-refractivity contribution in [1.82, 2.24) is 0 Å². The standard InChI is InChI=1S/C20H16FNO4S/c21-18-9-5-15(6-10-18)16-7-11-19(12-8-16)22-27(25,26)13-14-1-3-17(4-2-14)20(23)24/h1-12,22H,13H2,(H,23,24). The summed E-state index contributed by atoms with van der Waals surface area (Å²) < 4.78 is 40.1. The molecule has 0 saturated carbocycles. The summed E-state index contributed by atoms with van der Waals surface area (Å²) in [7, 11) is -3.65. The van der Waals surface area contributed by atoms with Gasteiger partial charge in [0.05, 0.1) is 11.3 Å². The van der Waals surface area contributed by atoms with Gasteiger partial charge in [0, 0.05) is 5.69 Å². The van der Waals surface area contributed by atoms with Gasteiger partial charge in [0.1, 0.15) is 5.82 Å². The summed E-state index contributed by atoms with van der Waals surface area (Å²) in [4.78, 5) is 10.8. The summed E-state index contributed by atoms with van der Waals surface area (Å²) >= 11 is 0. The molecule has 0 spiro atoms. The third-order valence-electron chi connectivity index (χ3n) is 3.89. The van der Waals surface area contributed by atoms with Gasteiger partial charge in [-0.05, 0) is 53.1 Å². The van der Waals surface area contributed by atoms with Gasteiger partial charge in [0.2, 0.25) is 10.0 Å². The molecule has 2 N–H and O–H groups in total. The number of carboxylic acids is 1. The number of hydrogen-bond acceptors (Lipinski definition) is 3. The lowest BCUT2D eigenvalue weighted by atomic mass is 10.1. The van der Waals surface area contributed by atoms with Gasteiger partial charge in [-0.1, -0.05) is 36.4 Å². The van der Waals surface area contributed by atoms with E-state index in [-0.39, 0.29) is 17.1 Å². The molecule has 0 saturated heterocycles. The van der Waals surface area contributed by atoms with E-state index in [1.54, 1.807) is 36.4 Å². The summed E-state index contributed by atoms with van der Waals surface area (Å²) in [5, 5.41) is 8.87. The Morgan fingerprint density at radius 3 is 1.89 bits per heavy atom. The van der Waals surface area contributed by atoms with Crippen molar-refractivity contribution in [2.75, 3.05) is 4.72 Å². The van der Waals surface area contributed by atoms with Crippen molar-refractivity contribution >= 4 is 21.7 Å². The van der Waals surface area contributed by atoms with Gasteiger partial charge < -0.3 is 5.11 Å². The van der Waals surface area contributed by atoms with E-state index in [9.17, 15) is 17.6 Å². The second-order valence-corrected chi connectivity index (χ2v) is 7.67. The van der Waals surface area contributed by atoms with Crippen LogP contribution in [0.1, 0.15) is 15.9 Å². The zero-order valence-corrected chi connectivity index (χ0v) is 14.9. The topological polar surface area (TPSA) is 83.5 Å². The highest BCUT2D eigenvalue weighted by atomic mass is 32.2. The van der Waals surface area contributed by atoms with Crippen LogP contribution < -0.4 is 4.72 Å². The predicted molar refractivity (Wildman–Crippen MR) is 101 cm³/mol. The second kappa shape index (κ2) is 7.59. The zero-order chi connectivity index (χ0) is 19.4. The highest BCUT2D eigenvalue weighted by Crippen LogP contribution is 2.22. The minimum absolute atomic E-state index is 0.0977. The maximum Gasteiger partial charge on any atom is 0.335 e. The van der Waals surface area contributed by atoms with Crippen LogP contribution in [0.5, 0.6) is 0 Å². The van der Waals surface area contributed by atoms with Crippen molar-refractivity contribution < 1.29 is 22.7 Å². The maximum absolute atomic E-state index is 13.0. The molecule has 0 radical (unpaired) electrons. The molecule has 0 fully saturated rings.